The summed E-state index contributed by atoms with van der Waals surface area (Å²) >= 11 is 0. The number of carboxylic acid groups (broad SMARTS) is 1. The monoisotopic (exact) mass is 206 g/mol. The second-order valence-corrected chi connectivity index (χ2v) is 5.18. The van der Waals surface area contributed by atoms with Crippen molar-refractivity contribution in [1.29, 1.82) is 0 Å². The number of carboxylic acids is 1. The first-order valence-corrected chi connectivity index (χ1v) is 5.61. The molecule has 76 valence electrons. The molecule has 0 heterocycles. The quantitative estimate of drug-likeness (QED) is 0.677. The number of hydrogen-bond acceptors (Lipinski definition) is 3. The van der Waals surface area contributed by atoms with Crippen LogP contribution in [-0.4, -0.2) is 30.5 Å². The molecule has 1 N–H and O–H groups in total. The summed E-state index contributed by atoms with van der Waals surface area (Å²) in [6, 6.07) is 0. The molecule has 0 aliphatic carbocycles. The summed E-state index contributed by atoms with van der Waals surface area (Å²) < 4.78 is 22.7. The lowest BCUT2D eigenvalue weighted by Crippen LogP contribution is -2.31. The third-order valence-corrected chi connectivity index (χ3v) is 3.82. The van der Waals surface area contributed by atoms with E-state index in [0.717, 1.165) is 0 Å². The molecule has 0 saturated heterocycles. The predicted molar refractivity (Wildman–Crippen MR) is 50.3 cm³/mol. The van der Waals surface area contributed by atoms with Crippen LogP contribution in [-0.2, 0) is 14.6 Å². The van der Waals surface area contributed by atoms with Crippen molar-refractivity contribution in [3.05, 3.63) is 12.2 Å². The molecule has 0 aromatic carbocycles. The molecule has 13 heavy (non-hydrogen) atoms. The second-order valence-electron chi connectivity index (χ2n) is 3.00. The summed E-state index contributed by atoms with van der Waals surface area (Å²) in [5, 5.41) is 7.31. The van der Waals surface area contributed by atoms with Crippen LogP contribution >= 0.6 is 0 Å². The topological polar surface area (TPSA) is 71.4 Å². The fraction of sp³-hybridized carbons (Fsp3) is 0.625. The van der Waals surface area contributed by atoms with Crippen LogP contribution in [0.1, 0.15) is 20.3 Å². The van der Waals surface area contributed by atoms with Crippen LogP contribution in [0.15, 0.2) is 12.2 Å². The summed E-state index contributed by atoms with van der Waals surface area (Å²) in [6.45, 7) is 6.54. The Balaban J connectivity index is 4.79. The molecule has 0 saturated carbocycles. The van der Waals surface area contributed by atoms with Crippen LogP contribution < -0.4 is 0 Å². The van der Waals surface area contributed by atoms with E-state index in [9.17, 15) is 13.2 Å². The van der Waals surface area contributed by atoms with E-state index in [1.54, 1.807) is 6.92 Å². The molecule has 0 aromatic rings. The van der Waals surface area contributed by atoms with Gasteiger partial charge >= 0.3 is 5.97 Å². The third-order valence-electron chi connectivity index (χ3n) is 1.53. The molecule has 0 bridgehead atoms. The van der Waals surface area contributed by atoms with E-state index in [-0.39, 0.29) is 12.2 Å². The lowest BCUT2D eigenvalue weighted by atomic mass is 10.3. The highest BCUT2D eigenvalue weighted by molar-refractivity contribution is 7.92. The van der Waals surface area contributed by atoms with E-state index in [1.807, 2.05) is 0 Å². The van der Waals surface area contributed by atoms with E-state index in [2.05, 4.69) is 6.58 Å². The van der Waals surface area contributed by atoms with Crippen molar-refractivity contribution in [2.45, 2.75) is 25.5 Å². The maximum Gasteiger partial charge on any atom is 0.321 e. The zero-order chi connectivity index (χ0) is 10.6. The Morgan fingerprint density at radius 1 is 1.54 bits per heavy atom. The van der Waals surface area contributed by atoms with Gasteiger partial charge in [-0.1, -0.05) is 19.1 Å². The first-order valence-electron chi connectivity index (χ1n) is 3.90. The minimum Gasteiger partial charge on any atom is -0.480 e. The average Bonchev–Trinajstić information content (AvgIpc) is 1.82. The van der Waals surface area contributed by atoms with Gasteiger partial charge in [-0.15, -0.1) is 0 Å². The van der Waals surface area contributed by atoms with Crippen LogP contribution in [0.2, 0.25) is 0 Å². The lowest BCUT2D eigenvalue weighted by Gasteiger charge is -2.10. The van der Waals surface area contributed by atoms with Crippen molar-refractivity contribution in [2.75, 3.05) is 5.75 Å². The maximum absolute atomic E-state index is 11.4. The minimum atomic E-state index is -3.57. The Morgan fingerprint density at radius 3 is 2.23 bits per heavy atom. The molecular weight excluding hydrogens is 192 g/mol. The van der Waals surface area contributed by atoms with Gasteiger partial charge in [-0.3, -0.25) is 4.79 Å². The predicted octanol–water partition coefficient (Wildman–Crippen LogP) is 0.841. The largest absolute Gasteiger partial charge is 0.480 e. The van der Waals surface area contributed by atoms with Gasteiger partial charge in [0.15, 0.2) is 15.1 Å². The summed E-state index contributed by atoms with van der Waals surface area (Å²) in [6.07, 6.45) is 0.0882. The molecule has 1 atom stereocenters. The van der Waals surface area contributed by atoms with E-state index in [4.69, 9.17) is 5.11 Å². The Kier molecular flexibility index (Phi) is 4.13. The maximum atomic E-state index is 11.4. The molecule has 0 fully saturated rings. The molecule has 0 aliphatic rings. The van der Waals surface area contributed by atoms with Crippen molar-refractivity contribution in [3.8, 4) is 0 Å². The van der Waals surface area contributed by atoms with Gasteiger partial charge in [0, 0.05) is 0 Å². The van der Waals surface area contributed by atoms with Gasteiger partial charge in [0.05, 0.1) is 5.75 Å². The highest BCUT2D eigenvalue weighted by Gasteiger charge is 2.30. The number of hydrogen-bond donors (Lipinski definition) is 1. The number of rotatable bonds is 5. The van der Waals surface area contributed by atoms with Gasteiger partial charge in [0.25, 0.3) is 0 Å². The lowest BCUT2D eigenvalue weighted by molar-refractivity contribution is -0.136. The Labute approximate surface area is 78.2 Å². The fourth-order valence-electron chi connectivity index (χ4n) is 1.03. The Bertz CT molecular complexity index is 302. The van der Waals surface area contributed by atoms with Crippen LogP contribution in [0.3, 0.4) is 0 Å². The normalized spacial score (nSPS) is 13.7. The van der Waals surface area contributed by atoms with E-state index in [0.29, 0.717) is 5.57 Å². The molecule has 0 radical (unpaired) electrons. The van der Waals surface area contributed by atoms with Gasteiger partial charge in [-0.2, -0.15) is 0 Å². The van der Waals surface area contributed by atoms with Gasteiger partial charge in [0.2, 0.25) is 0 Å². The summed E-state index contributed by atoms with van der Waals surface area (Å²) in [5.74, 6) is -1.54. The van der Waals surface area contributed by atoms with Crippen molar-refractivity contribution >= 4 is 15.8 Å². The van der Waals surface area contributed by atoms with Gasteiger partial charge in [-0.25, -0.2) is 8.42 Å². The first kappa shape index (κ1) is 12.2. The molecular formula is C8H14O4S. The molecule has 1 unspecified atom stereocenters. The minimum absolute atomic E-state index is 0.0882. The third kappa shape index (κ3) is 3.59. The van der Waals surface area contributed by atoms with Crippen molar-refractivity contribution < 1.29 is 18.3 Å². The fourth-order valence-corrected chi connectivity index (χ4v) is 2.73. The van der Waals surface area contributed by atoms with Crippen molar-refractivity contribution in [3.63, 3.8) is 0 Å². The summed E-state index contributed by atoms with van der Waals surface area (Å²) in [4.78, 5) is 10.5. The van der Waals surface area contributed by atoms with Gasteiger partial charge in [-0.05, 0) is 13.3 Å². The summed E-state index contributed by atoms with van der Waals surface area (Å²) in [7, 11) is -3.57. The highest BCUT2D eigenvalue weighted by atomic mass is 32.2. The molecule has 0 rings (SSSR count). The van der Waals surface area contributed by atoms with Crippen LogP contribution in [0, 0.1) is 0 Å². The molecule has 0 aromatic heterocycles. The van der Waals surface area contributed by atoms with E-state index >= 15 is 0 Å². The molecule has 4 nitrogen and oxygen atoms in total. The first-order chi connectivity index (χ1) is 5.81. The van der Waals surface area contributed by atoms with E-state index in [1.165, 1.54) is 6.92 Å². The van der Waals surface area contributed by atoms with Crippen LogP contribution in [0.5, 0.6) is 0 Å². The smallest absolute Gasteiger partial charge is 0.321 e. The number of aliphatic carboxylic acids is 1. The highest BCUT2D eigenvalue weighted by Crippen LogP contribution is 2.10. The number of carbonyl (C=O) groups is 1. The Hall–Kier alpha value is -0.840. The average molecular weight is 206 g/mol. The van der Waals surface area contributed by atoms with Crippen molar-refractivity contribution in [1.82, 2.24) is 0 Å². The van der Waals surface area contributed by atoms with Crippen LogP contribution in [0.25, 0.3) is 0 Å². The summed E-state index contributed by atoms with van der Waals surface area (Å²) in [5.41, 5.74) is 0.458. The molecule has 0 amide bonds. The standard InChI is InChI=1S/C8H14O4S/c1-4-7(8(9)10)13(11,12)5-6(2)3/h7H,2,4-5H2,1,3H3,(H,9,10). The SMILES string of the molecule is C=C(C)CS(=O)(=O)C(CC)C(=O)O. The molecule has 0 spiro atoms. The van der Waals surface area contributed by atoms with Crippen LogP contribution in [0.4, 0.5) is 0 Å². The van der Waals surface area contributed by atoms with E-state index < -0.39 is 21.1 Å². The number of sulfone groups is 1. The van der Waals surface area contributed by atoms with Crippen molar-refractivity contribution in [2.24, 2.45) is 0 Å². The van der Waals surface area contributed by atoms with Gasteiger partial charge < -0.3 is 5.11 Å². The molecule has 5 heteroatoms. The Morgan fingerprint density at radius 2 is 2.00 bits per heavy atom. The second kappa shape index (κ2) is 4.41. The van der Waals surface area contributed by atoms with Gasteiger partial charge in [0.1, 0.15) is 0 Å². The zero-order valence-electron chi connectivity index (χ0n) is 7.78. The molecule has 0 aliphatic heterocycles. The zero-order valence-corrected chi connectivity index (χ0v) is 8.60.